The predicted molar refractivity (Wildman–Crippen MR) is 78.6 cm³/mol. The van der Waals surface area contributed by atoms with Crippen LogP contribution in [0.5, 0.6) is 0 Å². The summed E-state index contributed by atoms with van der Waals surface area (Å²) in [4.78, 5) is 12.7. The third-order valence-electron chi connectivity index (χ3n) is 2.76. The summed E-state index contributed by atoms with van der Waals surface area (Å²) < 4.78 is 5.06. The number of aliphatic hydroxyl groups is 1. The second kappa shape index (κ2) is 7.17. The van der Waals surface area contributed by atoms with Crippen LogP contribution in [0.15, 0.2) is 52.0 Å². The third kappa shape index (κ3) is 4.43. The van der Waals surface area contributed by atoms with E-state index in [1.54, 1.807) is 12.1 Å². The number of aryl methyl sites for hydroxylation is 1. The number of hydrogen-bond donors (Lipinski definition) is 2. The van der Waals surface area contributed by atoms with Gasteiger partial charge in [0.25, 0.3) is 0 Å². The Morgan fingerprint density at radius 3 is 2.75 bits per heavy atom. The molecule has 2 N–H and O–H groups in total. The number of carbonyl (C=O) groups is 1. The molecule has 4 nitrogen and oxygen atoms in total. The molecule has 0 aliphatic heterocycles. The van der Waals surface area contributed by atoms with E-state index >= 15 is 0 Å². The van der Waals surface area contributed by atoms with Gasteiger partial charge in [-0.3, -0.25) is 4.79 Å². The largest absolute Gasteiger partial charge is 0.467 e. The Balaban J connectivity index is 1.71. The smallest absolute Gasteiger partial charge is 0.230 e. The summed E-state index contributed by atoms with van der Waals surface area (Å²) in [5.74, 6) is 0.672. The molecule has 0 radical (unpaired) electrons. The van der Waals surface area contributed by atoms with Crippen molar-refractivity contribution in [2.75, 3.05) is 12.3 Å². The Morgan fingerprint density at radius 1 is 1.35 bits per heavy atom. The molecule has 1 atom stereocenters. The molecule has 1 heterocycles. The molecule has 5 heteroatoms. The van der Waals surface area contributed by atoms with Crippen molar-refractivity contribution in [3.63, 3.8) is 0 Å². The zero-order valence-electron chi connectivity index (χ0n) is 11.2. The average molecular weight is 291 g/mol. The van der Waals surface area contributed by atoms with Crippen LogP contribution in [0.4, 0.5) is 0 Å². The van der Waals surface area contributed by atoms with Crippen LogP contribution in [0.25, 0.3) is 0 Å². The van der Waals surface area contributed by atoms with Crippen LogP contribution in [0.3, 0.4) is 0 Å². The summed E-state index contributed by atoms with van der Waals surface area (Å²) in [6, 6.07) is 11.4. The van der Waals surface area contributed by atoms with Crippen molar-refractivity contribution in [2.24, 2.45) is 0 Å². The number of thioether (sulfide) groups is 1. The molecular formula is C15H17NO3S. The molecule has 0 aliphatic rings. The van der Waals surface area contributed by atoms with E-state index in [-0.39, 0.29) is 12.5 Å². The average Bonchev–Trinajstić information content (AvgIpc) is 2.98. The van der Waals surface area contributed by atoms with Gasteiger partial charge in [-0.25, -0.2) is 0 Å². The van der Waals surface area contributed by atoms with Gasteiger partial charge in [-0.05, 0) is 31.2 Å². The highest BCUT2D eigenvalue weighted by atomic mass is 32.2. The molecule has 0 bridgehead atoms. The highest BCUT2D eigenvalue weighted by Gasteiger charge is 2.11. The Morgan fingerprint density at radius 2 is 2.10 bits per heavy atom. The number of furan rings is 1. The van der Waals surface area contributed by atoms with E-state index in [2.05, 4.69) is 5.32 Å². The minimum atomic E-state index is -0.807. The fraction of sp³-hybridized carbons (Fsp3) is 0.267. The first kappa shape index (κ1) is 14.7. The van der Waals surface area contributed by atoms with Gasteiger partial charge in [0.15, 0.2) is 0 Å². The number of aliphatic hydroxyl groups excluding tert-OH is 1. The quantitative estimate of drug-likeness (QED) is 0.803. The maximum absolute atomic E-state index is 11.7. The van der Waals surface area contributed by atoms with Crippen LogP contribution in [0.1, 0.15) is 17.4 Å². The lowest BCUT2D eigenvalue weighted by molar-refractivity contribution is -0.119. The lowest BCUT2D eigenvalue weighted by Crippen LogP contribution is -2.29. The SMILES string of the molecule is Cc1ccc(SCC(=O)NCC(O)c2ccco2)cc1. The first-order chi connectivity index (χ1) is 9.65. The van der Waals surface area contributed by atoms with Gasteiger partial charge in [0.1, 0.15) is 11.9 Å². The summed E-state index contributed by atoms with van der Waals surface area (Å²) in [5.41, 5.74) is 1.19. The first-order valence-corrected chi connectivity index (χ1v) is 7.31. The van der Waals surface area contributed by atoms with Crippen LogP contribution in [-0.4, -0.2) is 23.3 Å². The molecule has 106 valence electrons. The van der Waals surface area contributed by atoms with Crippen LogP contribution >= 0.6 is 11.8 Å². The summed E-state index contributed by atoms with van der Waals surface area (Å²) in [5, 5.41) is 12.4. The highest BCUT2D eigenvalue weighted by Crippen LogP contribution is 2.18. The number of benzene rings is 1. The third-order valence-corrected chi connectivity index (χ3v) is 3.77. The number of carbonyl (C=O) groups excluding carboxylic acids is 1. The van der Waals surface area contributed by atoms with E-state index in [9.17, 15) is 9.90 Å². The van der Waals surface area contributed by atoms with Crippen molar-refractivity contribution in [1.29, 1.82) is 0 Å². The lowest BCUT2D eigenvalue weighted by atomic mass is 10.2. The maximum Gasteiger partial charge on any atom is 0.230 e. The first-order valence-electron chi connectivity index (χ1n) is 6.33. The van der Waals surface area contributed by atoms with Gasteiger partial charge in [-0.1, -0.05) is 17.7 Å². The molecule has 0 fully saturated rings. The van der Waals surface area contributed by atoms with E-state index in [1.807, 2.05) is 31.2 Å². The van der Waals surface area contributed by atoms with Crippen molar-refractivity contribution >= 4 is 17.7 Å². The van der Waals surface area contributed by atoms with E-state index in [4.69, 9.17) is 4.42 Å². The number of hydrogen-bond acceptors (Lipinski definition) is 4. The minimum Gasteiger partial charge on any atom is -0.467 e. The second-order valence-electron chi connectivity index (χ2n) is 4.44. The molecule has 1 aromatic carbocycles. The van der Waals surface area contributed by atoms with Gasteiger partial charge in [-0.2, -0.15) is 0 Å². The van der Waals surface area contributed by atoms with Gasteiger partial charge in [0.05, 0.1) is 18.6 Å². The van der Waals surface area contributed by atoms with Gasteiger partial charge in [0, 0.05) is 4.90 Å². The summed E-state index contributed by atoms with van der Waals surface area (Å²) in [7, 11) is 0. The van der Waals surface area contributed by atoms with Crippen molar-refractivity contribution in [3.05, 3.63) is 54.0 Å². The second-order valence-corrected chi connectivity index (χ2v) is 5.49. The highest BCUT2D eigenvalue weighted by molar-refractivity contribution is 8.00. The molecule has 0 saturated carbocycles. The fourth-order valence-corrected chi connectivity index (χ4v) is 2.35. The van der Waals surface area contributed by atoms with Gasteiger partial charge in [0.2, 0.25) is 5.91 Å². The molecule has 1 amide bonds. The Labute approximate surface area is 122 Å². The van der Waals surface area contributed by atoms with Crippen molar-refractivity contribution in [2.45, 2.75) is 17.9 Å². The Hall–Kier alpha value is -1.72. The molecule has 2 aromatic rings. The van der Waals surface area contributed by atoms with Crippen LogP contribution in [0, 0.1) is 6.92 Å². The molecular weight excluding hydrogens is 274 g/mol. The molecule has 2 rings (SSSR count). The minimum absolute atomic E-state index is 0.110. The zero-order chi connectivity index (χ0) is 14.4. The van der Waals surface area contributed by atoms with E-state index in [0.717, 1.165) is 4.90 Å². The van der Waals surface area contributed by atoms with Crippen LogP contribution < -0.4 is 5.32 Å². The molecule has 1 unspecified atom stereocenters. The molecule has 20 heavy (non-hydrogen) atoms. The number of nitrogens with one attached hydrogen (secondary N) is 1. The van der Waals surface area contributed by atoms with E-state index in [0.29, 0.717) is 11.5 Å². The Kier molecular flexibility index (Phi) is 5.26. The van der Waals surface area contributed by atoms with Gasteiger partial charge >= 0.3 is 0 Å². The molecule has 0 aliphatic carbocycles. The normalized spacial score (nSPS) is 12.1. The lowest BCUT2D eigenvalue weighted by Gasteiger charge is -2.09. The standard InChI is InChI=1S/C15H17NO3S/c1-11-4-6-12(7-5-11)20-10-15(18)16-9-13(17)14-3-2-8-19-14/h2-8,13,17H,9-10H2,1H3,(H,16,18). The fourth-order valence-electron chi connectivity index (χ4n) is 1.63. The number of amides is 1. The molecule has 1 aromatic heterocycles. The summed E-state index contributed by atoms with van der Waals surface area (Å²) in [6.07, 6.45) is 0.687. The topological polar surface area (TPSA) is 62.5 Å². The van der Waals surface area contributed by atoms with Crippen molar-refractivity contribution in [3.8, 4) is 0 Å². The van der Waals surface area contributed by atoms with Crippen LogP contribution in [0.2, 0.25) is 0 Å². The zero-order valence-corrected chi connectivity index (χ0v) is 12.0. The van der Waals surface area contributed by atoms with E-state index in [1.165, 1.54) is 23.6 Å². The van der Waals surface area contributed by atoms with Gasteiger partial charge < -0.3 is 14.8 Å². The molecule has 0 saturated heterocycles. The van der Waals surface area contributed by atoms with Crippen molar-refractivity contribution in [1.82, 2.24) is 5.32 Å². The predicted octanol–water partition coefficient (Wildman–Crippen LogP) is 2.53. The maximum atomic E-state index is 11.7. The summed E-state index contributed by atoms with van der Waals surface area (Å²) in [6.45, 7) is 2.18. The van der Waals surface area contributed by atoms with Crippen LogP contribution in [-0.2, 0) is 4.79 Å². The van der Waals surface area contributed by atoms with E-state index < -0.39 is 6.10 Å². The van der Waals surface area contributed by atoms with Crippen molar-refractivity contribution < 1.29 is 14.3 Å². The number of rotatable bonds is 6. The monoisotopic (exact) mass is 291 g/mol. The van der Waals surface area contributed by atoms with Gasteiger partial charge in [-0.15, -0.1) is 11.8 Å². The molecule has 0 spiro atoms. The summed E-state index contributed by atoms with van der Waals surface area (Å²) >= 11 is 1.47. The Bertz CT molecular complexity index is 537.